The molecule has 0 bridgehead atoms. The van der Waals surface area contributed by atoms with Gasteiger partial charge in [0, 0.05) is 12.5 Å². The molecule has 1 aromatic carbocycles. The summed E-state index contributed by atoms with van der Waals surface area (Å²) in [6.07, 6.45) is 4.11. The number of hydrogen-bond acceptors (Lipinski definition) is 4. The zero-order valence-corrected chi connectivity index (χ0v) is 13.3. The molecule has 1 amide bonds. The Hall–Kier alpha value is -2.94. The molecule has 1 aromatic heterocycles. The maximum absolute atomic E-state index is 12.1. The first-order chi connectivity index (χ1) is 11.7. The van der Waals surface area contributed by atoms with Crippen LogP contribution in [0.4, 0.5) is 5.69 Å². The Morgan fingerprint density at radius 2 is 2.08 bits per heavy atom. The molecule has 0 saturated heterocycles. The Morgan fingerprint density at radius 1 is 1.29 bits per heavy atom. The van der Waals surface area contributed by atoms with Crippen molar-refractivity contribution in [2.75, 3.05) is 5.32 Å². The smallest absolute Gasteiger partial charge is 0.267 e. The van der Waals surface area contributed by atoms with Gasteiger partial charge in [-0.15, -0.1) is 0 Å². The summed E-state index contributed by atoms with van der Waals surface area (Å²) in [5.74, 6) is -0.246. The number of nitrogens with one attached hydrogen (secondary N) is 1. The number of carbonyl (C=O) groups is 1. The number of carbonyl (C=O) groups excluding carboxylic acids is 1. The van der Waals surface area contributed by atoms with Crippen molar-refractivity contribution in [1.82, 2.24) is 9.78 Å². The van der Waals surface area contributed by atoms with Crippen molar-refractivity contribution in [1.29, 1.82) is 5.26 Å². The second-order valence-corrected chi connectivity index (χ2v) is 5.84. The summed E-state index contributed by atoms with van der Waals surface area (Å²) >= 11 is 0. The van der Waals surface area contributed by atoms with E-state index in [1.54, 1.807) is 30.3 Å². The fourth-order valence-electron chi connectivity index (χ4n) is 2.87. The van der Waals surface area contributed by atoms with E-state index in [9.17, 15) is 9.59 Å². The summed E-state index contributed by atoms with van der Waals surface area (Å²) in [6, 6.07) is 10.5. The summed E-state index contributed by atoms with van der Waals surface area (Å²) in [7, 11) is 0. The van der Waals surface area contributed by atoms with E-state index in [0.717, 1.165) is 36.9 Å². The second kappa shape index (κ2) is 7.09. The summed E-state index contributed by atoms with van der Waals surface area (Å²) in [4.78, 5) is 24.2. The highest BCUT2D eigenvalue weighted by Crippen LogP contribution is 2.17. The van der Waals surface area contributed by atoms with Gasteiger partial charge in [-0.3, -0.25) is 9.59 Å². The van der Waals surface area contributed by atoms with Crippen molar-refractivity contribution in [2.45, 2.75) is 38.6 Å². The van der Waals surface area contributed by atoms with Crippen LogP contribution in [0.5, 0.6) is 0 Å². The summed E-state index contributed by atoms with van der Waals surface area (Å²) in [5.41, 5.74) is 2.73. The minimum Gasteiger partial charge on any atom is -0.325 e. The summed E-state index contributed by atoms with van der Waals surface area (Å²) in [6.45, 7) is 0.229. The number of fused-ring (bicyclic) bond motifs is 1. The number of nitriles is 1. The highest BCUT2D eigenvalue weighted by Gasteiger charge is 2.14. The third-order valence-corrected chi connectivity index (χ3v) is 4.15. The molecule has 0 fully saturated rings. The van der Waals surface area contributed by atoms with Crippen LogP contribution < -0.4 is 10.9 Å². The van der Waals surface area contributed by atoms with Crippen molar-refractivity contribution in [3.63, 3.8) is 0 Å². The van der Waals surface area contributed by atoms with Crippen LogP contribution in [0, 0.1) is 11.3 Å². The van der Waals surface area contributed by atoms with Gasteiger partial charge in [0.1, 0.15) is 6.07 Å². The molecule has 0 atom stereocenters. The number of anilines is 1. The fraction of sp³-hybridized carbons (Fsp3) is 0.333. The van der Waals surface area contributed by atoms with Crippen molar-refractivity contribution in [3.8, 4) is 6.07 Å². The van der Waals surface area contributed by atoms with E-state index in [0.29, 0.717) is 11.3 Å². The van der Waals surface area contributed by atoms with Crippen molar-refractivity contribution in [3.05, 3.63) is 57.5 Å². The number of benzene rings is 1. The lowest BCUT2D eigenvalue weighted by atomic mass is 9.97. The second-order valence-electron chi connectivity index (χ2n) is 5.84. The molecule has 24 heavy (non-hydrogen) atoms. The first-order valence-electron chi connectivity index (χ1n) is 8.06. The van der Waals surface area contributed by atoms with E-state index < -0.39 is 0 Å². The van der Waals surface area contributed by atoms with Gasteiger partial charge in [0.05, 0.1) is 23.5 Å². The Kier molecular flexibility index (Phi) is 4.71. The number of rotatable bonds is 4. The molecule has 2 aromatic rings. The van der Waals surface area contributed by atoms with Gasteiger partial charge in [0.25, 0.3) is 5.56 Å². The van der Waals surface area contributed by atoms with E-state index in [4.69, 9.17) is 5.26 Å². The summed E-state index contributed by atoms with van der Waals surface area (Å²) < 4.78 is 1.36. The molecule has 0 radical (unpaired) electrons. The van der Waals surface area contributed by atoms with Crippen molar-refractivity contribution < 1.29 is 4.79 Å². The first-order valence-corrected chi connectivity index (χ1v) is 8.06. The van der Waals surface area contributed by atoms with E-state index in [1.807, 2.05) is 6.07 Å². The van der Waals surface area contributed by atoms with Crippen LogP contribution in [0.3, 0.4) is 0 Å². The van der Waals surface area contributed by atoms with Gasteiger partial charge in [0.15, 0.2) is 0 Å². The van der Waals surface area contributed by atoms with Gasteiger partial charge >= 0.3 is 0 Å². The lowest BCUT2D eigenvalue weighted by Crippen LogP contribution is -2.28. The molecule has 1 N–H and O–H groups in total. The molecule has 1 aliphatic rings. The maximum Gasteiger partial charge on any atom is 0.267 e. The summed E-state index contributed by atoms with van der Waals surface area (Å²) in [5, 5.41) is 16.1. The molecule has 0 unspecified atom stereocenters. The molecular formula is C18H18N4O2. The van der Waals surface area contributed by atoms with Gasteiger partial charge in [0.2, 0.25) is 5.91 Å². The van der Waals surface area contributed by atoms with Crippen LogP contribution in [-0.2, 0) is 24.2 Å². The predicted octanol–water partition coefficient (Wildman–Crippen LogP) is 2.02. The highest BCUT2D eigenvalue weighted by atomic mass is 16.2. The van der Waals surface area contributed by atoms with E-state index in [2.05, 4.69) is 10.4 Å². The average molecular weight is 322 g/mol. The zero-order chi connectivity index (χ0) is 16.9. The highest BCUT2D eigenvalue weighted by molar-refractivity contribution is 5.91. The van der Waals surface area contributed by atoms with Gasteiger partial charge < -0.3 is 5.32 Å². The number of aromatic nitrogens is 2. The van der Waals surface area contributed by atoms with Crippen LogP contribution >= 0.6 is 0 Å². The van der Waals surface area contributed by atoms with Gasteiger partial charge in [-0.25, -0.2) is 4.68 Å². The first kappa shape index (κ1) is 15.9. The van der Waals surface area contributed by atoms with Crippen LogP contribution in [0.1, 0.15) is 36.1 Å². The third kappa shape index (κ3) is 3.51. The van der Waals surface area contributed by atoms with Crippen molar-refractivity contribution >= 4 is 11.6 Å². The van der Waals surface area contributed by atoms with Gasteiger partial charge in [-0.1, -0.05) is 12.1 Å². The number of nitrogens with zero attached hydrogens (tertiary/aromatic N) is 3. The Labute approximate surface area is 139 Å². The molecule has 6 heteroatoms. The monoisotopic (exact) mass is 322 g/mol. The van der Waals surface area contributed by atoms with Crippen LogP contribution in [0.2, 0.25) is 0 Å². The SMILES string of the molecule is N#Cc1ccccc1NC(=O)CCn1nc2c(cc1=O)CCCC2. The predicted molar refractivity (Wildman–Crippen MR) is 89.5 cm³/mol. The number of aryl methyl sites for hydroxylation is 3. The van der Waals surface area contributed by atoms with E-state index in [1.165, 1.54) is 4.68 Å². The van der Waals surface area contributed by atoms with Crippen molar-refractivity contribution in [2.24, 2.45) is 0 Å². The lowest BCUT2D eigenvalue weighted by Gasteiger charge is -2.15. The zero-order valence-electron chi connectivity index (χ0n) is 13.3. The van der Waals surface area contributed by atoms with Crippen LogP contribution in [0.25, 0.3) is 0 Å². The maximum atomic E-state index is 12.1. The van der Waals surface area contributed by atoms with Gasteiger partial charge in [-0.2, -0.15) is 10.4 Å². The topological polar surface area (TPSA) is 87.8 Å². The molecule has 6 nitrogen and oxygen atoms in total. The van der Waals surface area contributed by atoms with Crippen LogP contribution in [0.15, 0.2) is 35.1 Å². The molecule has 0 aliphatic heterocycles. The number of amides is 1. The Bertz CT molecular complexity index is 864. The minimum atomic E-state index is -0.246. The quantitative estimate of drug-likeness (QED) is 0.933. The fourth-order valence-corrected chi connectivity index (χ4v) is 2.87. The molecule has 3 rings (SSSR count). The molecule has 0 spiro atoms. The lowest BCUT2D eigenvalue weighted by molar-refractivity contribution is -0.116. The van der Waals surface area contributed by atoms with E-state index in [-0.39, 0.29) is 24.4 Å². The largest absolute Gasteiger partial charge is 0.325 e. The third-order valence-electron chi connectivity index (χ3n) is 4.15. The van der Waals surface area contributed by atoms with Gasteiger partial charge in [-0.05, 0) is 43.4 Å². The molecular weight excluding hydrogens is 304 g/mol. The molecule has 1 aliphatic carbocycles. The Morgan fingerprint density at radius 3 is 2.92 bits per heavy atom. The standard InChI is InChI=1S/C18H18N4O2/c19-12-14-6-2-3-7-15(14)20-17(23)9-10-22-18(24)11-13-5-1-4-8-16(13)21-22/h2-3,6-7,11H,1,4-5,8-10H2,(H,20,23). The number of hydrogen-bond donors (Lipinski definition) is 1. The average Bonchev–Trinajstić information content (AvgIpc) is 2.60. The van der Waals surface area contributed by atoms with E-state index >= 15 is 0 Å². The Balaban J connectivity index is 1.66. The molecule has 0 saturated carbocycles. The van der Waals surface area contributed by atoms with Crippen LogP contribution in [-0.4, -0.2) is 15.7 Å². The molecule has 122 valence electrons. The molecule has 1 heterocycles. The minimum absolute atomic E-state index is 0.130. The normalized spacial score (nSPS) is 13.0. The number of para-hydroxylation sites is 1.